The Bertz CT molecular complexity index is 1900. The van der Waals surface area contributed by atoms with E-state index in [0.717, 1.165) is 33.5 Å². The van der Waals surface area contributed by atoms with Crippen LogP contribution in [0.5, 0.6) is 5.75 Å². The first-order valence-electron chi connectivity index (χ1n) is 14.0. The zero-order chi connectivity index (χ0) is 30.1. The first-order chi connectivity index (χ1) is 20.2. The van der Waals surface area contributed by atoms with E-state index in [0.29, 0.717) is 38.3 Å². The highest BCUT2D eigenvalue weighted by Gasteiger charge is 2.36. The summed E-state index contributed by atoms with van der Waals surface area (Å²) in [5.41, 5.74) is 6.78. The number of fused-ring (bicyclic) bond motifs is 1. The minimum atomic E-state index is -0.754. The maximum absolute atomic E-state index is 14.2. The predicted octanol–water partition coefficient (Wildman–Crippen LogP) is 6.07. The van der Waals surface area contributed by atoms with E-state index in [1.807, 2.05) is 37.3 Å². The van der Waals surface area contributed by atoms with E-state index in [-0.39, 0.29) is 12.2 Å². The minimum Gasteiger partial charge on any atom is -0.496 e. The Balaban J connectivity index is 1.77. The van der Waals surface area contributed by atoms with Gasteiger partial charge in [0, 0.05) is 27.1 Å². The largest absolute Gasteiger partial charge is 0.496 e. The Morgan fingerprint density at radius 1 is 1.12 bits per heavy atom. The van der Waals surface area contributed by atoms with Crippen LogP contribution >= 0.6 is 27.3 Å². The molecule has 0 bridgehead atoms. The number of aromatic nitrogens is 2. The van der Waals surface area contributed by atoms with E-state index in [1.54, 1.807) is 18.6 Å². The van der Waals surface area contributed by atoms with Crippen molar-refractivity contribution in [1.82, 2.24) is 9.13 Å². The highest BCUT2D eigenvalue weighted by Crippen LogP contribution is 2.38. The maximum Gasteiger partial charge on any atom is 0.338 e. The summed E-state index contributed by atoms with van der Waals surface area (Å²) >= 11 is 4.90. The molecule has 0 saturated carbocycles. The smallest absolute Gasteiger partial charge is 0.338 e. The molecule has 2 aromatic carbocycles. The molecule has 1 aliphatic heterocycles. The normalized spacial score (nSPS) is 15.0. The molecule has 218 valence electrons. The van der Waals surface area contributed by atoms with Gasteiger partial charge in [-0.1, -0.05) is 52.7 Å². The molecule has 0 spiro atoms. The number of benzene rings is 2. The predicted molar refractivity (Wildman–Crippen MR) is 170 cm³/mol. The van der Waals surface area contributed by atoms with Crippen molar-refractivity contribution in [3.8, 4) is 11.4 Å². The van der Waals surface area contributed by atoms with Gasteiger partial charge in [-0.2, -0.15) is 0 Å². The summed E-state index contributed by atoms with van der Waals surface area (Å²) in [5, 5.41) is 0. The zero-order valence-corrected chi connectivity index (χ0v) is 27.1. The molecule has 0 unspecified atom stereocenters. The minimum absolute atomic E-state index is 0.213. The lowest BCUT2D eigenvalue weighted by Gasteiger charge is -2.27. The first-order valence-corrected chi connectivity index (χ1v) is 15.6. The molecule has 2 aromatic heterocycles. The molecule has 3 heterocycles. The number of carbonyl (C=O) groups is 1. The van der Waals surface area contributed by atoms with Crippen molar-refractivity contribution >= 4 is 39.3 Å². The van der Waals surface area contributed by atoms with E-state index in [9.17, 15) is 9.59 Å². The number of aryl methyl sites for hydroxylation is 2. The summed E-state index contributed by atoms with van der Waals surface area (Å²) in [6, 6.07) is 15.3. The molecule has 0 aliphatic carbocycles. The number of rotatable bonds is 8. The molecule has 0 fully saturated rings. The van der Waals surface area contributed by atoms with Gasteiger partial charge < -0.3 is 14.0 Å². The van der Waals surface area contributed by atoms with Crippen LogP contribution in [-0.2, 0) is 9.53 Å². The van der Waals surface area contributed by atoms with Crippen molar-refractivity contribution < 1.29 is 14.3 Å². The van der Waals surface area contributed by atoms with E-state index >= 15 is 0 Å². The van der Waals surface area contributed by atoms with Crippen LogP contribution in [0.2, 0.25) is 0 Å². The molecular weight excluding hydrogens is 614 g/mol. The Kier molecular flexibility index (Phi) is 8.70. The SMILES string of the molecule is CCCC1=C(C(=O)OCC)[C@H](c2cc(Br)ccc2OC)n2c(s/c(=C\c3cc(C)n(-c4cccc(C)c4)c3C)c2=O)=N1. The van der Waals surface area contributed by atoms with Crippen LogP contribution in [-0.4, -0.2) is 28.8 Å². The molecule has 0 saturated heterocycles. The van der Waals surface area contributed by atoms with Crippen molar-refractivity contribution in [1.29, 1.82) is 0 Å². The first kappa shape index (κ1) is 29.8. The molecular formula is C33H34BrN3O4S. The van der Waals surface area contributed by atoms with Crippen molar-refractivity contribution in [2.24, 2.45) is 4.99 Å². The van der Waals surface area contributed by atoms with Crippen molar-refractivity contribution in [2.45, 2.75) is 53.5 Å². The molecule has 0 amide bonds. The van der Waals surface area contributed by atoms with Gasteiger partial charge in [0.2, 0.25) is 0 Å². The number of carbonyl (C=O) groups excluding carboxylic acids is 1. The molecule has 4 aromatic rings. The summed E-state index contributed by atoms with van der Waals surface area (Å²) in [5.74, 6) is 0.0896. The number of hydrogen-bond donors (Lipinski definition) is 0. The Morgan fingerprint density at radius 2 is 1.90 bits per heavy atom. The van der Waals surface area contributed by atoms with Crippen LogP contribution in [0.4, 0.5) is 0 Å². The molecule has 7 nitrogen and oxygen atoms in total. The molecule has 5 rings (SSSR count). The number of ether oxygens (including phenoxy) is 2. The lowest BCUT2D eigenvalue weighted by Crippen LogP contribution is -2.40. The van der Waals surface area contributed by atoms with Gasteiger partial charge in [0.15, 0.2) is 4.80 Å². The van der Waals surface area contributed by atoms with Crippen LogP contribution in [0.15, 0.2) is 74.1 Å². The number of allylic oxidation sites excluding steroid dienone is 1. The van der Waals surface area contributed by atoms with Crippen molar-refractivity contribution in [3.05, 3.63) is 112 Å². The summed E-state index contributed by atoms with van der Waals surface area (Å²) in [4.78, 5) is 33.2. The number of nitrogens with zero attached hydrogens (tertiary/aromatic N) is 3. The zero-order valence-electron chi connectivity index (χ0n) is 24.7. The third-order valence-electron chi connectivity index (χ3n) is 7.40. The molecule has 1 aliphatic rings. The summed E-state index contributed by atoms with van der Waals surface area (Å²) in [7, 11) is 1.58. The Labute approximate surface area is 257 Å². The van der Waals surface area contributed by atoms with Gasteiger partial charge in [0.05, 0.1) is 29.5 Å². The average molecular weight is 649 g/mol. The van der Waals surface area contributed by atoms with Crippen LogP contribution in [0.1, 0.15) is 60.8 Å². The molecule has 9 heteroatoms. The topological polar surface area (TPSA) is 74.8 Å². The highest BCUT2D eigenvalue weighted by molar-refractivity contribution is 9.10. The second kappa shape index (κ2) is 12.3. The summed E-state index contributed by atoms with van der Waals surface area (Å²) in [6.07, 6.45) is 3.29. The maximum atomic E-state index is 14.2. The molecule has 0 N–H and O–H groups in total. The number of esters is 1. The average Bonchev–Trinajstić information content (AvgIpc) is 3.41. The second-order valence-electron chi connectivity index (χ2n) is 10.3. The lowest BCUT2D eigenvalue weighted by atomic mass is 9.93. The van der Waals surface area contributed by atoms with Gasteiger partial charge in [-0.25, -0.2) is 9.79 Å². The number of hydrogen-bond acceptors (Lipinski definition) is 6. The molecule has 42 heavy (non-hydrogen) atoms. The fourth-order valence-electron chi connectivity index (χ4n) is 5.57. The van der Waals surface area contributed by atoms with Crippen LogP contribution in [0.3, 0.4) is 0 Å². The van der Waals surface area contributed by atoms with E-state index in [4.69, 9.17) is 14.5 Å². The monoisotopic (exact) mass is 647 g/mol. The number of thiazole rings is 1. The van der Waals surface area contributed by atoms with Gasteiger partial charge in [-0.15, -0.1) is 0 Å². The van der Waals surface area contributed by atoms with Crippen molar-refractivity contribution in [2.75, 3.05) is 13.7 Å². The van der Waals surface area contributed by atoms with Gasteiger partial charge in [0.1, 0.15) is 11.8 Å². The third kappa shape index (κ3) is 5.43. The summed E-state index contributed by atoms with van der Waals surface area (Å²) < 4.78 is 16.4. The molecule has 1 atom stereocenters. The Morgan fingerprint density at radius 3 is 2.60 bits per heavy atom. The van der Waals surface area contributed by atoms with Crippen LogP contribution < -0.4 is 19.6 Å². The number of halogens is 1. The van der Waals surface area contributed by atoms with E-state index in [2.05, 4.69) is 65.5 Å². The van der Waals surface area contributed by atoms with Gasteiger partial charge >= 0.3 is 5.97 Å². The van der Waals surface area contributed by atoms with Gasteiger partial charge in [-0.05, 0) is 87.7 Å². The van der Waals surface area contributed by atoms with E-state index < -0.39 is 12.0 Å². The van der Waals surface area contributed by atoms with Gasteiger partial charge in [-0.3, -0.25) is 9.36 Å². The lowest BCUT2D eigenvalue weighted by molar-refractivity contribution is -0.139. The molecule has 0 radical (unpaired) electrons. The van der Waals surface area contributed by atoms with Crippen molar-refractivity contribution in [3.63, 3.8) is 0 Å². The quantitative estimate of drug-likeness (QED) is 0.218. The Hall–Kier alpha value is -3.69. The number of methoxy groups -OCH3 is 1. The van der Waals surface area contributed by atoms with E-state index in [1.165, 1.54) is 16.9 Å². The summed E-state index contributed by atoms with van der Waals surface area (Å²) in [6.45, 7) is 10.2. The standard InChI is InChI=1S/C33H34BrN3O4S/c1-7-10-26-29(32(39)41-8-2)30(25-18-23(34)13-14-27(25)40-6)37-31(38)28(42-33(37)35-26)17-22-16-20(4)36(21(22)5)24-12-9-11-19(3)15-24/h9,11-18,30H,7-8,10H2,1-6H3/b28-17-/t30-/m0/s1. The third-order valence-corrected chi connectivity index (χ3v) is 8.87. The van der Waals surface area contributed by atoms with Gasteiger partial charge in [0.25, 0.3) is 5.56 Å². The fraction of sp³-hybridized carbons (Fsp3) is 0.303. The van der Waals surface area contributed by atoms with Crippen LogP contribution in [0, 0.1) is 20.8 Å². The van der Waals surface area contributed by atoms with Crippen LogP contribution in [0.25, 0.3) is 11.8 Å². The fourth-order valence-corrected chi connectivity index (χ4v) is 6.96. The highest BCUT2D eigenvalue weighted by atomic mass is 79.9. The second-order valence-corrected chi connectivity index (χ2v) is 12.2.